The number of carbonyl (C=O) groups excluding carboxylic acids is 1. The number of amides is 2. The molecule has 7 nitrogen and oxygen atoms in total. The van der Waals surface area contributed by atoms with E-state index in [-0.39, 0.29) is 12.6 Å². The molecule has 0 spiro atoms. The number of aliphatic hydroxyl groups excluding tert-OH is 1. The number of rotatable bonds is 6. The Morgan fingerprint density at radius 1 is 1.28 bits per heavy atom. The molecule has 0 saturated carbocycles. The van der Waals surface area contributed by atoms with Gasteiger partial charge in [0.1, 0.15) is 5.52 Å². The predicted octanol–water partition coefficient (Wildman–Crippen LogP) is 2.95. The van der Waals surface area contributed by atoms with Gasteiger partial charge < -0.3 is 19.7 Å². The molecule has 0 radical (unpaired) electrons. The van der Waals surface area contributed by atoms with Crippen LogP contribution < -0.4 is 5.32 Å². The Bertz CT molecular complexity index is 848. The van der Waals surface area contributed by atoms with Crippen molar-refractivity contribution in [2.45, 2.75) is 19.9 Å². The molecule has 2 heterocycles. The van der Waals surface area contributed by atoms with Crippen LogP contribution in [0.25, 0.3) is 11.1 Å². The molecule has 2 amide bonds. The largest absolute Gasteiger partial charge is 0.441 e. The van der Waals surface area contributed by atoms with Crippen molar-refractivity contribution in [3.63, 3.8) is 0 Å². The lowest BCUT2D eigenvalue weighted by atomic mass is 10.2. The van der Waals surface area contributed by atoms with Crippen molar-refractivity contribution in [2.24, 2.45) is 0 Å². The van der Waals surface area contributed by atoms with E-state index in [4.69, 9.17) is 9.52 Å². The number of hydrogen-bond acceptors (Lipinski definition) is 5. The van der Waals surface area contributed by atoms with Gasteiger partial charge in [0.2, 0.25) is 0 Å². The Hall–Kier alpha value is -2.93. The molecular formula is C18H20N4O3. The molecule has 7 heteroatoms. The molecule has 3 rings (SSSR count). The average Bonchev–Trinajstić information content (AvgIpc) is 2.98. The summed E-state index contributed by atoms with van der Waals surface area (Å²) in [5.41, 5.74) is 3.00. The first kappa shape index (κ1) is 16.9. The Morgan fingerprint density at radius 3 is 2.84 bits per heavy atom. The van der Waals surface area contributed by atoms with E-state index >= 15 is 0 Å². The van der Waals surface area contributed by atoms with E-state index in [2.05, 4.69) is 15.3 Å². The van der Waals surface area contributed by atoms with Gasteiger partial charge >= 0.3 is 6.03 Å². The highest BCUT2D eigenvalue weighted by molar-refractivity contribution is 5.91. The molecule has 0 fully saturated rings. The van der Waals surface area contributed by atoms with E-state index in [0.717, 1.165) is 11.1 Å². The van der Waals surface area contributed by atoms with Gasteiger partial charge in [0.15, 0.2) is 11.5 Å². The van der Waals surface area contributed by atoms with Crippen LogP contribution in [-0.2, 0) is 6.54 Å². The second-order valence-electron chi connectivity index (χ2n) is 5.70. The molecule has 0 saturated heterocycles. The van der Waals surface area contributed by atoms with E-state index < -0.39 is 0 Å². The minimum atomic E-state index is -0.235. The second kappa shape index (κ2) is 7.76. The van der Waals surface area contributed by atoms with Crippen molar-refractivity contribution >= 4 is 22.8 Å². The Kier molecular flexibility index (Phi) is 5.25. The van der Waals surface area contributed by atoms with Crippen molar-refractivity contribution < 1.29 is 14.3 Å². The second-order valence-corrected chi connectivity index (χ2v) is 5.70. The van der Waals surface area contributed by atoms with Crippen LogP contribution in [0.5, 0.6) is 0 Å². The normalized spacial score (nSPS) is 10.8. The molecule has 2 N–H and O–H groups in total. The zero-order chi connectivity index (χ0) is 17.6. The Balaban J connectivity index is 1.73. The minimum absolute atomic E-state index is 0.0312. The number of nitrogens with one attached hydrogen (secondary N) is 1. The highest BCUT2D eigenvalue weighted by Gasteiger charge is 2.14. The maximum Gasteiger partial charge on any atom is 0.322 e. The molecule has 0 unspecified atom stereocenters. The number of aromatic nitrogens is 2. The van der Waals surface area contributed by atoms with Gasteiger partial charge in [0, 0.05) is 50.8 Å². The van der Waals surface area contributed by atoms with Crippen molar-refractivity contribution in [1.82, 2.24) is 14.9 Å². The Morgan fingerprint density at radius 2 is 2.08 bits per heavy atom. The number of fused-ring (bicyclic) bond motifs is 1. The van der Waals surface area contributed by atoms with Crippen molar-refractivity contribution in [2.75, 3.05) is 18.5 Å². The van der Waals surface area contributed by atoms with Crippen LogP contribution in [-0.4, -0.2) is 39.2 Å². The summed E-state index contributed by atoms with van der Waals surface area (Å²) in [7, 11) is 0. The van der Waals surface area contributed by atoms with E-state index in [1.165, 1.54) is 0 Å². The number of hydrogen-bond donors (Lipinski definition) is 2. The number of nitrogens with zero attached hydrogens (tertiary/aromatic N) is 3. The van der Waals surface area contributed by atoms with Gasteiger partial charge in [-0.05, 0) is 36.2 Å². The number of pyridine rings is 1. The number of benzene rings is 1. The quantitative estimate of drug-likeness (QED) is 0.720. The van der Waals surface area contributed by atoms with Crippen LogP contribution in [0.4, 0.5) is 10.5 Å². The smallest absolute Gasteiger partial charge is 0.322 e. The van der Waals surface area contributed by atoms with Crippen LogP contribution in [0.1, 0.15) is 17.9 Å². The summed E-state index contributed by atoms with van der Waals surface area (Å²) in [6.45, 7) is 2.71. The number of anilines is 1. The van der Waals surface area contributed by atoms with Gasteiger partial charge in [0.05, 0.1) is 0 Å². The van der Waals surface area contributed by atoms with Crippen LogP contribution >= 0.6 is 0 Å². The number of aliphatic hydroxyl groups is 1. The predicted molar refractivity (Wildman–Crippen MR) is 94.1 cm³/mol. The number of oxazole rings is 1. The third kappa shape index (κ3) is 4.33. The van der Waals surface area contributed by atoms with Crippen LogP contribution in [0.3, 0.4) is 0 Å². The summed E-state index contributed by atoms with van der Waals surface area (Å²) < 4.78 is 5.50. The lowest BCUT2D eigenvalue weighted by Gasteiger charge is -2.23. The molecule has 0 aliphatic carbocycles. The lowest BCUT2D eigenvalue weighted by molar-refractivity contribution is 0.199. The standard InChI is InChI=1S/C18H20N4O3/c1-13-20-16-4-3-15(11-17(16)25-13)21-18(24)22(9-2-10-23)12-14-5-7-19-8-6-14/h3-8,11,23H,2,9-10,12H2,1H3,(H,21,24). The third-order valence-corrected chi connectivity index (χ3v) is 3.74. The molecule has 0 aliphatic heterocycles. The summed E-state index contributed by atoms with van der Waals surface area (Å²) in [6.07, 6.45) is 3.90. The van der Waals surface area contributed by atoms with E-state index in [9.17, 15) is 4.79 Å². The molecule has 0 aliphatic rings. The van der Waals surface area contributed by atoms with E-state index in [1.807, 2.05) is 18.2 Å². The van der Waals surface area contributed by atoms with Gasteiger partial charge in [0.25, 0.3) is 0 Å². The molecule has 1 aromatic carbocycles. The first-order valence-corrected chi connectivity index (χ1v) is 8.08. The molecule has 3 aromatic rings. The summed E-state index contributed by atoms with van der Waals surface area (Å²) >= 11 is 0. The Labute approximate surface area is 145 Å². The van der Waals surface area contributed by atoms with Gasteiger partial charge in [-0.3, -0.25) is 4.98 Å². The van der Waals surface area contributed by atoms with Gasteiger partial charge in [-0.2, -0.15) is 0 Å². The number of aryl methyl sites for hydroxylation is 1. The zero-order valence-corrected chi connectivity index (χ0v) is 14.0. The monoisotopic (exact) mass is 340 g/mol. The molecule has 130 valence electrons. The highest BCUT2D eigenvalue weighted by Crippen LogP contribution is 2.20. The first-order valence-electron chi connectivity index (χ1n) is 8.08. The maximum atomic E-state index is 12.6. The van der Waals surface area contributed by atoms with E-state index in [1.54, 1.807) is 36.4 Å². The SMILES string of the molecule is Cc1nc2ccc(NC(=O)N(CCCO)Cc3ccncc3)cc2o1. The van der Waals surface area contributed by atoms with Gasteiger partial charge in [-0.25, -0.2) is 9.78 Å². The number of carbonyl (C=O) groups is 1. The summed E-state index contributed by atoms with van der Waals surface area (Å²) in [4.78, 5) is 22.5. The third-order valence-electron chi connectivity index (χ3n) is 3.74. The molecule has 25 heavy (non-hydrogen) atoms. The topological polar surface area (TPSA) is 91.5 Å². The van der Waals surface area contributed by atoms with Crippen molar-refractivity contribution in [3.8, 4) is 0 Å². The highest BCUT2D eigenvalue weighted by atomic mass is 16.3. The summed E-state index contributed by atoms with van der Waals surface area (Å²) in [5.74, 6) is 0.584. The summed E-state index contributed by atoms with van der Waals surface area (Å²) in [5, 5.41) is 12.0. The van der Waals surface area contributed by atoms with Crippen LogP contribution in [0.15, 0.2) is 47.1 Å². The fourth-order valence-corrected chi connectivity index (χ4v) is 2.54. The first-order chi connectivity index (χ1) is 12.2. The average molecular weight is 340 g/mol. The minimum Gasteiger partial charge on any atom is -0.441 e. The number of urea groups is 1. The van der Waals surface area contributed by atoms with Gasteiger partial charge in [-0.15, -0.1) is 0 Å². The van der Waals surface area contributed by atoms with Crippen molar-refractivity contribution in [1.29, 1.82) is 0 Å². The maximum absolute atomic E-state index is 12.6. The molecule has 0 atom stereocenters. The molecule has 0 bridgehead atoms. The van der Waals surface area contributed by atoms with E-state index in [0.29, 0.717) is 36.7 Å². The lowest BCUT2D eigenvalue weighted by Crippen LogP contribution is -2.35. The fourth-order valence-electron chi connectivity index (χ4n) is 2.54. The molecule has 2 aromatic heterocycles. The summed E-state index contributed by atoms with van der Waals surface area (Å²) in [6, 6.07) is 8.84. The van der Waals surface area contributed by atoms with Crippen LogP contribution in [0, 0.1) is 6.92 Å². The zero-order valence-electron chi connectivity index (χ0n) is 14.0. The molecular weight excluding hydrogens is 320 g/mol. The fraction of sp³-hybridized carbons (Fsp3) is 0.278. The van der Waals surface area contributed by atoms with Gasteiger partial charge in [-0.1, -0.05) is 0 Å². The van der Waals surface area contributed by atoms with Crippen molar-refractivity contribution in [3.05, 3.63) is 54.2 Å². The van der Waals surface area contributed by atoms with Crippen LogP contribution in [0.2, 0.25) is 0 Å².